The zero-order valence-corrected chi connectivity index (χ0v) is 13.8. The van der Waals surface area contributed by atoms with E-state index in [1.807, 2.05) is 6.08 Å². The summed E-state index contributed by atoms with van der Waals surface area (Å²) in [6, 6.07) is 5.05. The van der Waals surface area contributed by atoms with Crippen molar-refractivity contribution in [1.82, 2.24) is 4.90 Å². The number of imide groups is 1. The van der Waals surface area contributed by atoms with E-state index >= 15 is 0 Å². The van der Waals surface area contributed by atoms with E-state index in [4.69, 9.17) is 34.8 Å². The summed E-state index contributed by atoms with van der Waals surface area (Å²) in [5.41, 5.74) is 0.695. The molecule has 0 saturated carbocycles. The van der Waals surface area contributed by atoms with Gasteiger partial charge in [0, 0.05) is 10.7 Å². The molecule has 0 spiro atoms. The van der Waals surface area contributed by atoms with E-state index in [2.05, 4.69) is 5.32 Å². The molecule has 1 N–H and O–H groups in total. The summed E-state index contributed by atoms with van der Waals surface area (Å²) in [4.78, 5) is 26.0. The Morgan fingerprint density at radius 1 is 1.09 bits per heavy atom. The summed E-state index contributed by atoms with van der Waals surface area (Å²) in [5, 5.41) is 4.55. The van der Waals surface area contributed by atoms with Crippen LogP contribution in [0.15, 0.2) is 29.3 Å². The summed E-state index contributed by atoms with van der Waals surface area (Å²) < 4.78 is 0. The molecule has 1 aromatic carbocycles. The number of amides is 2. The van der Waals surface area contributed by atoms with Gasteiger partial charge in [-0.2, -0.15) is 0 Å². The summed E-state index contributed by atoms with van der Waals surface area (Å²) >= 11 is 17.8. The van der Waals surface area contributed by atoms with Gasteiger partial charge in [0.2, 0.25) is 11.8 Å². The van der Waals surface area contributed by atoms with Crippen molar-refractivity contribution in [1.29, 1.82) is 0 Å². The van der Waals surface area contributed by atoms with Gasteiger partial charge in [0.05, 0.1) is 28.5 Å². The number of nitrogens with one attached hydrogen (secondary N) is 1. The Labute approximate surface area is 143 Å². The van der Waals surface area contributed by atoms with Crippen LogP contribution in [-0.4, -0.2) is 23.4 Å². The third-order valence-corrected chi connectivity index (χ3v) is 5.07. The van der Waals surface area contributed by atoms with Gasteiger partial charge in [-0.15, -0.1) is 0 Å². The van der Waals surface area contributed by atoms with E-state index in [0.717, 1.165) is 0 Å². The second-order valence-electron chi connectivity index (χ2n) is 5.37. The number of anilines is 1. The number of carbonyl (C=O) groups is 2. The molecule has 2 aliphatic rings. The van der Waals surface area contributed by atoms with Crippen LogP contribution in [-0.2, 0) is 9.59 Å². The topological polar surface area (TPSA) is 49.4 Å². The van der Waals surface area contributed by atoms with Gasteiger partial charge in [-0.3, -0.25) is 14.5 Å². The largest absolute Gasteiger partial charge is 0.367 e. The van der Waals surface area contributed by atoms with Crippen molar-refractivity contribution in [2.24, 2.45) is 11.8 Å². The van der Waals surface area contributed by atoms with E-state index in [1.54, 1.807) is 18.2 Å². The van der Waals surface area contributed by atoms with Gasteiger partial charge < -0.3 is 5.32 Å². The van der Waals surface area contributed by atoms with E-state index in [1.165, 1.54) is 4.90 Å². The number of allylic oxidation sites excluding steroid dienone is 2. The number of nitrogens with zero attached hydrogens (tertiary/aromatic N) is 1. The Morgan fingerprint density at radius 3 is 2.55 bits per heavy atom. The number of halogens is 3. The smallest absolute Gasteiger partial charge is 0.234 e. The zero-order chi connectivity index (χ0) is 15.9. The molecule has 3 rings (SSSR count). The van der Waals surface area contributed by atoms with Crippen LogP contribution < -0.4 is 5.32 Å². The normalized spacial score (nSPS) is 24.3. The number of carbonyl (C=O) groups excluding carboxylic acids is 2. The summed E-state index contributed by atoms with van der Waals surface area (Å²) in [7, 11) is 0. The van der Waals surface area contributed by atoms with Gasteiger partial charge in [-0.05, 0) is 31.0 Å². The maximum atomic E-state index is 12.4. The van der Waals surface area contributed by atoms with Crippen LogP contribution in [0.1, 0.15) is 12.8 Å². The van der Waals surface area contributed by atoms with Gasteiger partial charge in [0.25, 0.3) is 0 Å². The molecule has 2 atom stereocenters. The highest BCUT2D eigenvalue weighted by molar-refractivity contribution is 6.42. The van der Waals surface area contributed by atoms with Crippen LogP contribution in [0.4, 0.5) is 5.69 Å². The molecule has 2 amide bonds. The van der Waals surface area contributed by atoms with Crippen molar-refractivity contribution < 1.29 is 9.59 Å². The van der Waals surface area contributed by atoms with Crippen LogP contribution in [0, 0.1) is 11.8 Å². The minimum atomic E-state index is -0.333. The van der Waals surface area contributed by atoms with Crippen LogP contribution in [0.3, 0.4) is 0 Å². The number of fused-ring (bicyclic) bond motifs is 1. The molecule has 1 heterocycles. The molecule has 1 aliphatic heterocycles. The number of hydrogen-bond acceptors (Lipinski definition) is 3. The Hall–Kier alpha value is -1.23. The van der Waals surface area contributed by atoms with Crippen LogP contribution in [0.25, 0.3) is 0 Å². The molecule has 2 unspecified atom stereocenters. The molecule has 22 heavy (non-hydrogen) atoms. The minimum Gasteiger partial charge on any atom is -0.367 e. The fourth-order valence-corrected chi connectivity index (χ4v) is 3.38. The number of benzene rings is 1. The number of rotatable bonds is 3. The molecule has 0 bridgehead atoms. The Kier molecular flexibility index (Phi) is 4.35. The lowest BCUT2D eigenvalue weighted by Gasteiger charge is -2.17. The van der Waals surface area contributed by atoms with Gasteiger partial charge in [-0.1, -0.05) is 40.9 Å². The second-order valence-corrected chi connectivity index (χ2v) is 6.67. The first-order chi connectivity index (χ1) is 10.5. The SMILES string of the molecule is O=C1C2CC=C(Cl)CC2C(=O)N1CNc1ccc(Cl)c(Cl)c1. The first-order valence-electron chi connectivity index (χ1n) is 6.86. The number of likely N-dealkylation sites (tertiary alicyclic amines) is 1. The van der Waals surface area contributed by atoms with Crippen molar-refractivity contribution in [2.75, 3.05) is 12.0 Å². The lowest BCUT2D eigenvalue weighted by molar-refractivity contribution is -0.139. The second kappa shape index (κ2) is 6.11. The predicted molar refractivity (Wildman–Crippen MR) is 87.0 cm³/mol. The summed E-state index contributed by atoms with van der Waals surface area (Å²) in [6.45, 7) is 0.111. The fraction of sp³-hybridized carbons (Fsp3) is 0.333. The Bertz CT molecular complexity index is 675. The highest BCUT2D eigenvalue weighted by atomic mass is 35.5. The van der Waals surface area contributed by atoms with E-state index in [-0.39, 0.29) is 30.3 Å². The third-order valence-electron chi connectivity index (χ3n) is 4.02. The van der Waals surface area contributed by atoms with Crippen LogP contribution in [0.2, 0.25) is 10.0 Å². The van der Waals surface area contributed by atoms with Crippen molar-refractivity contribution >= 4 is 52.3 Å². The standard InChI is InChI=1S/C15H13Cl3N2O2/c16-8-1-3-10-11(5-8)15(22)20(14(10)21)7-19-9-2-4-12(17)13(18)6-9/h1-2,4,6,10-11,19H,3,5,7H2. The van der Waals surface area contributed by atoms with E-state index in [9.17, 15) is 9.59 Å². The average molecular weight is 360 g/mol. The Balaban J connectivity index is 1.69. The Morgan fingerprint density at radius 2 is 1.82 bits per heavy atom. The molecule has 1 aromatic rings. The average Bonchev–Trinajstić information content (AvgIpc) is 2.72. The first-order valence-corrected chi connectivity index (χ1v) is 7.99. The molecule has 7 heteroatoms. The van der Waals surface area contributed by atoms with Gasteiger partial charge >= 0.3 is 0 Å². The zero-order valence-electron chi connectivity index (χ0n) is 11.5. The van der Waals surface area contributed by atoms with E-state index in [0.29, 0.717) is 33.6 Å². The molecule has 1 saturated heterocycles. The number of hydrogen-bond donors (Lipinski definition) is 1. The van der Waals surface area contributed by atoms with Crippen molar-refractivity contribution in [2.45, 2.75) is 12.8 Å². The maximum Gasteiger partial charge on any atom is 0.234 e. The lowest BCUT2D eigenvalue weighted by atomic mass is 9.85. The molecule has 116 valence electrons. The molecule has 0 aromatic heterocycles. The van der Waals surface area contributed by atoms with Gasteiger partial charge in [0.15, 0.2) is 0 Å². The van der Waals surface area contributed by atoms with Gasteiger partial charge in [-0.25, -0.2) is 0 Å². The van der Waals surface area contributed by atoms with Crippen molar-refractivity contribution in [3.05, 3.63) is 39.4 Å². The quantitative estimate of drug-likeness (QED) is 0.833. The van der Waals surface area contributed by atoms with Crippen LogP contribution in [0.5, 0.6) is 0 Å². The van der Waals surface area contributed by atoms with Crippen molar-refractivity contribution in [3.63, 3.8) is 0 Å². The van der Waals surface area contributed by atoms with Gasteiger partial charge in [0.1, 0.15) is 0 Å². The molecule has 1 fully saturated rings. The van der Waals surface area contributed by atoms with Crippen LogP contribution >= 0.6 is 34.8 Å². The highest BCUT2D eigenvalue weighted by Gasteiger charge is 2.48. The molecule has 4 nitrogen and oxygen atoms in total. The molecule has 1 aliphatic carbocycles. The predicted octanol–water partition coefficient (Wildman–Crippen LogP) is 3.88. The summed E-state index contributed by atoms with van der Waals surface area (Å²) in [5.74, 6) is -0.942. The fourth-order valence-electron chi connectivity index (χ4n) is 2.83. The monoisotopic (exact) mass is 358 g/mol. The molecular weight excluding hydrogens is 347 g/mol. The highest BCUT2D eigenvalue weighted by Crippen LogP contribution is 2.38. The third kappa shape index (κ3) is 2.83. The lowest BCUT2D eigenvalue weighted by Crippen LogP contribution is -2.35. The maximum absolute atomic E-state index is 12.4. The minimum absolute atomic E-state index is 0.111. The molecule has 0 radical (unpaired) electrons. The molecular formula is C15H13Cl3N2O2. The summed E-state index contributed by atoms with van der Waals surface area (Å²) in [6.07, 6.45) is 2.79. The van der Waals surface area contributed by atoms with Crippen molar-refractivity contribution in [3.8, 4) is 0 Å². The first kappa shape index (κ1) is 15.7. The van der Waals surface area contributed by atoms with E-state index < -0.39 is 0 Å².